The Labute approximate surface area is 58.5 Å². The Morgan fingerprint density at radius 2 is 1.62 bits per heavy atom. The van der Waals surface area contributed by atoms with Crippen LogP contribution in [0.1, 0.15) is 0 Å². The molecular formula is C6H6BBr. The largest absolute Gasteiger partial charge is 0.139 e. The van der Waals surface area contributed by atoms with Crippen LogP contribution in [0.2, 0.25) is 0 Å². The smallest absolute Gasteiger partial charge is 0.0889 e. The Kier molecular flexibility index (Phi) is 1.74. The molecule has 0 aliphatic carbocycles. The van der Waals surface area contributed by atoms with Crippen LogP contribution in [0, 0.1) is 0 Å². The Morgan fingerprint density at radius 1 is 1.12 bits per heavy atom. The highest BCUT2D eigenvalue weighted by atomic mass is 79.9. The van der Waals surface area contributed by atoms with Crippen molar-refractivity contribution in [2.45, 2.75) is 0 Å². The lowest BCUT2D eigenvalue weighted by molar-refractivity contribution is 1.70. The fourth-order valence-corrected chi connectivity index (χ4v) is 0.798. The molecule has 0 radical (unpaired) electrons. The number of benzene rings is 1. The van der Waals surface area contributed by atoms with Crippen molar-refractivity contribution in [3.05, 3.63) is 28.7 Å². The van der Waals surface area contributed by atoms with Crippen LogP contribution in [0.5, 0.6) is 0 Å². The van der Waals surface area contributed by atoms with Crippen molar-refractivity contribution in [1.82, 2.24) is 0 Å². The third kappa shape index (κ3) is 1.37. The van der Waals surface area contributed by atoms with E-state index in [1.54, 1.807) is 0 Å². The molecule has 1 aromatic rings. The topological polar surface area (TPSA) is 0 Å². The van der Waals surface area contributed by atoms with Crippen molar-refractivity contribution < 1.29 is 0 Å². The lowest BCUT2D eigenvalue weighted by Gasteiger charge is -1.88. The van der Waals surface area contributed by atoms with E-state index in [-0.39, 0.29) is 0 Å². The van der Waals surface area contributed by atoms with Crippen molar-refractivity contribution in [3.8, 4) is 0 Å². The molecule has 0 saturated heterocycles. The third-order valence-electron chi connectivity index (χ3n) is 1.01. The molecule has 0 amide bonds. The molecule has 0 fully saturated rings. The summed E-state index contributed by atoms with van der Waals surface area (Å²) in [5, 5.41) is 0. The second-order valence-electron chi connectivity index (χ2n) is 1.80. The second-order valence-corrected chi connectivity index (χ2v) is 2.71. The average Bonchev–Trinajstić information content (AvgIpc) is 1.77. The van der Waals surface area contributed by atoms with E-state index in [1.807, 2.05) is 12.1 Å². The van der Waals surface area contributed by atoms with E-state index in [0.29, 0.717) is 0 Å². The first kappa shape index (κ1) is 5.89. The average molecular weight is 169 g/mol. The van der Waals surface area contributed by atoms with Crippen LogP contribution in [-0.2, 0) is 0 Å². The standard InChI is InChI=1S/C6H6BBr/c7-5-1-3-6(8)4-2-5/h1-4H,7H2. The molecule has 0 heterocycles. The van der Waals surface area contributed by atoms with Gasteiger partial charge in [-0.3, -0.25) is 0 Å². The summed E-state index contributed by atoms with van der Waals surface area (Å²) < 4.78 is 1.14. The summed E-state index contributed by atoms with van der Waals surface area (Å²) in [4.78, 5) is 0. The van der Waals surface area contributed by atoms with Gasteiger partial charge in [-0.2, -0.15) is 0 Å². The van der Waals surface area contributed by atoms with Gasteiger partial charge in [0.2, 0.25) is 0 Å². The zero-order valence-electron chi connectivity index (χ0n) is 4.69. The van der Waals surface area contributed by atoms with E-state index >= 15 is 0 Å². The minimum Gasteiger partial charge on any atom is -0.0889 e. The molecule has 0 aromatic heterocycles. The maximum Gasteiger partial charge on any atom is 0.139 e. The molecule has 1 rings (SSSR count). The molecule has 0 spiro atoms. The zero-order valence-corrected chi connectivity index (χ0v) is 6.27. The highest BCUT2D eigenvalue weighted by Gasteiger charge is 1.81. The molecule has 1 aromatic carbocycles. The van der Waals surface area contributed by atoms with Crippen LogP contribution < -0.4 is 5.46 Å². The Bertz CT molecular complexity index is 147. The molecule has 0 unspecified atom stereocenters. The van der Waals surface area contributed by atoms with Gasteiger partial charge in [-0.25, -0.2) is 0 Å². The SMILES string of the molecule is Bc1ccc(Br)cc1. The van der Waals surface area contributed by atoms with Gasteiger partial charge in [0.05, 0.1) is 0 Å². The molecule has 0 nitrogen and oxygen atoms in total. The minimum absolute atomic E-state index is 1.14. The molecule has 2 heteroatoms. The van der Waals surface area contributed by atoms with Crippen molar-refractivity contribution in [1.29, 1.82) is 0 Å². The van der Waals surface area contributed by atoms with Gasteiger partial charge in [0.1, 0.15) is 7.85 Å². The quantitative estimate of drug-likeness (QED) is 0.501. The predicted octanol–water partition coefficient (Wildman–Crippen LogP) is 0.708. The molecule has 8 heavy (non-hydrogen) atoms. The van der Waals surface area contributed by atoms with Gasteiger partial charge in [0, 0.05) is 4.47 Å². The summed E-state index contributed by atoms with van der Waals surface area (Å²) in [6.07, 6.45) is 0. The highest BCUT2D eigenvalue weighted by molar-refractivity contribution is 9.10. The van der Waals surface area contributed by atoms with E-state index in [2.05, 4.69) is 35.9 Å². The third-order valence-corrected chi connectivity index (χ3v) is 1.54. The van der Waals surface area contributed by atoms with E-state index in [4.69, 9.17) is 0 Å². The Balaban J connectivity index is 3.03. The van der Waals surface area contributed by atoms with Gasteiger partial charge in [0.15, 0.2) is 0 Å². The minimum atomic E-state index is 1.14. The van der Waals surface area contributed by atoms with Gasteiger partial charge in [-0.05, 0) is 12.1 Å². The summed E-state index contributed by atoms with van der Waals surface area (Å²) >= 11 is 3.35. The predicted molar refractivity (Wildman–Crippen MR) is 42.3 cm³/mol. The van der Waals surface area contributed by atoms with Crippen LogP contribution in [-0.4, -0.2) is 7.85 Å². The van der Waals surface area contributed by atoms with Gasteiger partial charge in [-0.1, -0.05) is 33.5 Å². The molecule has 0 aliphatic rings. The van der Waals surface area contributed by atoms with Gasteiger partial charge in [-0.15, -0.1) is 0 Å². The molecule has 0 N–H and O–H groups in total. The fourth-order valence-electron chi connectivity index (χ4n) is 0.533. The molecule has 40 valence electrons. The van der Waals surface area contributed by atoms with Crippen LogP contribution in [0.25, 0.3) is 0 Å². The second kappa shape index (κ2) is 2.36. The Morgan fingerprint density at radius 3 is 2.00 bits per heavy atom. The number of hydrogen-bond donors (Lipinski definition) is 0. The molecule has 0 aliphatic heterocycles. The maximum absolute atomic E-state index is 3.35. The first-order chi connectivity index (χ1) is 3.79. The van der Waals surface area contributed by atoms with Crippen LogP contribution >= 0.6 is 15.9 Å². The van der Waals surface area contributed by atoms with Gasteiger partial charge in [0.25, 0.3) is 0 Å². The molecule has 0 bridgehead atoms. The van der Waals surface area contributed by atoms with Crippen molar-refractivity contribution in [2.75, 3.05) is 0 Å². The summed E-state index contributed by atoms with van der Waals surface area (Å²) in [6.45, 7) is 0. The normalized spacial score (nSPS) is 9.12. The highest BCUT2D eigenvalue weighted by Crippen LogP contribution is 2.04. The van der Waals surface area contributed by atoms with E-state index in [0.717, 1.165) is 4.47 Å². The van der Waals surface area contributed by atoms with E-state index in [9.17, 15) is 0 Å². The molecular weight excluding hydrogens is 163 g/mol. The van der Waals surface area contributed by atoms with Crippen molar-refractivity contribution in [3.63, 3.8) is 0 Å². The first-order valence-corrected chi connectivity index (χ1v) is 3.30. The van der Waals surface area contributed by atoms with E-state index < -0.39 is 0 Å². The van der Waals surface area contributed by atoms with Crippen LogP contribution in [0.3, 0.4) is 0 Å². The van der Waals surface area contributed by atoms with Crippen molar-refractivity contribution >= 4 is 29.2 Å². The molecule has 0 atom stereocenters. The monoisotopic (exact) mass is 168 g/mol. The summed E-state index contributed by atoms with van der Waals surface area (Å²) in [6, 6.07) is 8.22. The van der Waals surface area contributed by atoms with E-state index in [1.165, 1.54) is 5.46 Å². The summed E-state index contributed by atoms with van der Waals surface area (Å²) in [5.74, 6) is 0. The molecule has 0 saturated carbocycles. The zero-order chi connectivity index (χ0) is 5.98. The Hall–Kier alpha value is -0.235. The maximum atomic E-state index is 3.35. The lowest BCUT2D eigenvalue weighted by atomic mass is 9.97. The van der Waals surface area contributed by atoms with Crippen LogP contribution in [0.4, 0.5) is 0 Å². The number of hydrogen-bond acceptors (Lipinski definition) is 0. The fraction of sp³-hybridized carbons (Fsp3) is 0. The number of rotatable bonds is 0. The number of halogens is 1. The summed E-state index contributed by atoms with van der Waals surface area (Å²) in [5.41, 5.74) is 1.30. The van der Waals surface area contributed by atoms with Crippen LogP contribution in [0.15, 0.2) is 28.7 Å². The summed E-state index contributed by atoms with van der Waals surface area (Å²) in [7, 11) is 2.08. The van der Waals surface area contributed by atoms with Gasteiger partial charge < -0.3 is 0 Å². The van der Waals surface area contributed by atoms with Crippen molar-refractivity contribution in [2.24, 2.45) is 0 Å². The first-order valence-electron chi connectivity index (χ1n) is 2.51. The lowest BCUT2D eigenvalue weighted by Crippen LogP contribution is -1.97. The van der Waals surface area contributed by atoms with Gasteiger partial charge >= 0.3 is 0 Å².